The molecule has 0 bridgehead atoms. The molecule has 0 saturated carbocycles. The molecule has 5 unspecified atom stereocenters. The van der Waals surface area contributed by atoms with Crippen LogP contribution in [0.15, 0.2) is 0 Å². The van der Waals surface area contributed by atoms with E-state index in [1.54, 1.807) is 0 Å². The van der Waals surface area contributed by atoms with Crippen molar-refractivity contribution in [2.45, 2.75) is 96.9 Å². The van der Waals surface area contributed by atoms with Crippen molar-refractivity contribution in [3.05, 3.63) is 0 Å². The Morgan fingerprint density at radius 2 is 1.38 bits per heavy atom. The van der Waals surface area contributed by atoms with Gasteiger partial charge in [0.15, 0.2) is 0 Å². The van der Waals surface area contributed by atoms with Gasteiger partial charge in [0.1, 0.15) is 18.3 Å². The van der Waals surface area contributed by atoms with Crippen molar-refractivity contribution in [2.75, 3.05) is 106 Å². The highest BCUT2D eigenvalue weighted by molar-refractivity contribution is 4.66. The summed E-state index contributed by atoms with van der Waals surface area (Å²) < 4.78 is 58.6. The maximum atomic E-state index is 6.27. The zero-order valence-corrected chi connectivity index (χ0v) is 27.5. The third-order valence-corrected chi connectivity index (χ3v) is 6.11. The van der Waals surface area contributed by atoms with E-state index >= 15 is 0 Å². The molecule has 1 saturated heterocycles. The molecule has 11 nitrogen and oxygen atoms in total. The van der Waals surface area contributed by atoms with Crippen LogP contribution in [0.4, 0.5) is 0 Å². The molecule has 1 aliphatic rings. The topological polar surface area (TPSA) is 104 Å². The number of rotatable bonds is 30. The molecule has 252 valence electrons. The number of ether oxygens (including phenoxy) is 10. The fourth-order valence-corrected chi connectivity index (χ4v) is 4.11. The Kier molecular flexibility index (Phi) is 26.4. The van der Waals surface area contributed by atoms with E-state index in [9.17, 15) is 0 Å². The Morgan fingerprint density at radius 3 is 2.10 bits per heavy atom. The minimum absolute atomic E-state index is 0.0473. The van der Waals surface area contributed by atoms with Crippen LogP contribution >= 0.6 is 0 Å². The minimum atomic E-state index is -0.240. The van der Waals surface area contributed by atoms with Gasteiger partial charge in [-0.25, -0.2) is 0 Å². The van der Waals surface area contributed by atoms with Gasteiger partial charge >= 0.3 is 0 Å². The fourth-order valence-electron chi connectivity index (χ4n) is 4.11. The van der Waals surface area contributed by atoms with E-state index in [1.807, 2.05) is 34.7 Å². The standard InChI is InChI=1S/C31H63NO10/c1-7-12-40-29(20-34-16-10-17-39-26(2)3)21-38-25-30(22-35-15-9-14-33-13-8-11-32-6)41-27(4)18-36-23-31-24-37-19-28(5)42-31/h26-32H,7-25H2,1-6H3. The molecular formula is C31H63NO10. The van der Waals surface area contributed by atoms with E-state index in [-0.39, 0.29) is 36.6 Å². The highest BCUT2D eigenvalue weighted by atomic mass is 16.6. The van der Waals surface area contributed by atoms with Crippen LogP contribution in [0.2, 0.25) is 0 Å². The lowest BCUT2D eigenvalue weighted by atomic mass is 10.3. The van der Waals surface area contributed by atoms with Gasteiger partial charge in [0.2, 0.25) is 0 Å². The van der Waals surface area contributed by atoms with E-state index in [4.69, 9.17) is 47.4 Å². The Hall–Kier alpha value is -0.440. The van der Waals surface area contributed by atoms with E-state index in [0.717, 1.165) is 38.8 Å². The zero-order valence-electron chi connectivity index (χ0n) is 27.5. The SMILES string of the molecule is CCCOC(COCCCOC(C)C)COCC(COCCCOCCCNC)OC(C)COCC1COCC(C)O1. The summed E-state index contributed by atoms with van der Waals surface area (Å²) in [5, 5.41) is 3.12. The molecule has 42 heavy (non-hydrogen) atoms. The van der Waals surface area contributed by atoms with Crippen LogP contribution in [0.3, 0.4) is 0 Å². The predicted octanol–water partition coefficient (Wildman–Crippen LogP) is 3.26. The van der Waals surface area contributed by atoms with Crippen molar-refractivity contribution in [3.8, 4) is 0 Å². The molecule has 1 aliphatic heterocycles. The number of nitrogens with one attached hydrogen (secondary N) is 1. The van der Waals surface area contributed by atoms with Crippen LogP contribution in [-0.4, -0.2) is 143 Å². The van der Waals surface area contributed by atoms with Crippen molar-refractivity contribution in [2.24, 2.45) is 0 Å². The van der Waals surface area contributed by atoms with Gasteiger partial charge in [-0.1, -0.05) is 6.92 Å². The second-order valence-electron chi connectivity index (χ2n) is 11.1. The van der Waals surface area contributed by atoms with Crippen molar-refractivity contribution in [3.63, 3.8) is 0 Å². The molecule has 0 aliphatic carbocycles. The number of hydrogen-bond donors (Lipinski definition) is 1. The largest absolute Gasteiger partial charge is 0.381 e. The second kappa shape index (κ2) is 28.1. The molecule has 0 radical (unpaired) electrons. The Balaban J connectivity index is 2.42. The predicted molar refractivity (Wildman–Crippen MR) is 162 cm³/mol. The highest BCUT2D eigenvalue weighted by Crippen LogP contribution is 2.09. The van der Waals surface area contributed by atoms with Crippen LogP contribution in [-0.2, 0) is 47.4 Å². The van der Waals surface area contributed by atoms with Gasteiger partial charge < -0.3 is 52.7 Å². The maximum absolute atomic E-state index is 6.27. The molecule has 0 aromatic heterocycles. The van der Waals surface area contributed by atoms with Crippen molar-refractivity contribution in [1.82, 2.24) is 5.32 Å². The third-order valence-electron chi connectivity index (χ3n) is 6.11. The molecular weight excluding hydrogens is 546 g/mol. The molecule has 0 aromatic carbocycles. The highest BCUT2D eigenvalue weighted by Gasteiger charge is 2.21. The lowest BCUT2D eigenvalue weighted by Gasteiger charge is -2.28. The average molecular weight is 610 g/mol. The summed E-state index contributed by atoms with van der Waals surface area (Å²) in [5.74, 6) is 0. The van der Waals surface area contributed by atoms with Crippen LogP contribution < -0.4 is 5.32 Å². The lowest BCUT2D eigenvalue weighted by Crippen LogP contribution is -2.38. The lowest BCUT2D eigenvalue weighted by molar-refractivity contribution is -0.161. The zero-order chi connectivity index (χ0) is 30.7. The molecule has 1 rings (SSSR count). The second-order valence-corrected chi connectivity index (χ2v) is 11.1. The van der Waals surface area contributed by atoms with Gasteiger partial charge in [-0.15, -0.1) is 0 Å². The molecule has 1 heterocycles. The first-order valence-corrected chi connectivity index (χ1v) is 16.1. The summed E-state index contributed by atoms with van der Waals surface area (Å²) in [6, 6.07) is 0. The van der Waals surface area contributed by atoms with Crippen molar-refractivity contribution < 1.29 is 47.4 Å². The van der Waals surface area contributed by atoms with Gasteiger partial charge in [-0.2, -0.15) is 0 Å². The van der Waals surface area contributed by atoms with Crippen LogP contribution in [0.1, 0.15) is 60.3 Å². The number of hydrogen-bond acceptors (Lipinski definition) is 11. The van der Waals surface area contributed by atoms with Crippen LogP contribution in [0.5, 0.6) is 0 Å². The molecule has 0 spiro atoms. The summed E-state index contributed by atoms with van der Waals surface area (Å²) in [7, 11) is 1.95. The Labute approximate surface area is 255 Å². The first-order valence-electron chi connectivity index (χ1n) is 16.1. The van der Waals surface area contributed by atoms with Crippen LogP contribution in [0, 0.1) is 0 Å². The van der Waals surface area contributed by atoms with Gasteiger partial charge in [0.25, 0.3) is 0 Å². The molecule has 1 fully saturated rings. The smallest absolute Gasteiger partial charge is 0.105 e. The first-order chi connectivity index (χ1) is 20.4. The Bertz CT molecular complexity index is 574. The summed E-state index contributed by atoms with van der Waals surface area (Å²) in [4.78, 5) is 0. The average Bonchev–Trinajstić information content (AvgIpc) is 2.96. The minimum Gasteiger partial charge on any atom is -0.381 e. The van der Waals surface area contributed by atoms with E-state index in [0.29, 0.717) is 85.9 Å². The first kappa shape index (κ1) is 39.6. The summed E-state index contributed by atoms with van der Waals surface area (Å²) in [6.07, 6.45) is 3.39. The molecule has 0 aromatic rings. The van der Waals surface area contributed by atoms with Crippen LogP contribution in [0.25, 0.3) is 0 Å². The van der Waals surface area contributed by atoms with Gasteiger partial charge in [0.05, 0.1) is 71.2 Å². The molecule has 5 atom stereocenters. The maximum Gasteiger partial charge on any atom is 0.105 e. The van der Waals surface area contributed by atoms with Gasteiger partial charge in [-0.3, -0.25) is 0 Å². The third kappa shape index (κ3) is 23.9. The molecule has 11 heteroatoms. The Morgan fingerprint density at radius 1 is 0.714 bits per heavy atom. The van der Waals surface area contributed by atoms with Gasteiger partial charge in [0, 0.05) is 39.6 Å². The van der Waals surface area contributed by atoms with E-state index in [1.165, 1.54) is 0 Å². The summed E-state index contributed by atoms with van der Waals surface area (Å²) >= 11 is 0. The fraction of sp³-hybridized carbons (Fsp3) is 1.00. The normalized spacial score (nSPS) is 19.8. The quantitative estimate of drug-likeness (QED) is 0.121. The van der Waals surface area contributed by atoms with Crippen molar-refractivity contribution in [1.29, 1.82) is 0 Å². The summed E-state index contributed by atoms with van der Waals surface area (Å²) in [5.41, 5.74) is 0. The van der Waals surface area contributed by atoms with E-state index in [2.05, 4.69) is 12.2 Å². The molecule has 1 N–H and O–H groups in total. The van der Waals surface area contributed by atoms with Gasteiger partial charge in [-0.05, 0) is 67.0 Å². The summed E-state index contributed by atoms with van der Waals surface area (Å²) in [6.45, 7) is 19.0. The molecule has 0 amide bonds. The van der Waals surface area contributed by atoms with Crippen molar-refractivity contribution >= 4 is 0 Å². The van der Waals surface area contributed by atoms with E-state index < -0.39 is 0 Å². The monoisotopic (exact) mass is 609 g/mol.